The Morgan fingerprint density at radius 3 is 2.36 bits per heavy atom. The summed E-state index contributed by atoms with van der Waals surface area (Å²) in [7, 11) is 1.73. The summed E-state index contributed by atoms with van der Waals surface area (Å²) in [6.45, 7) is 0.857. The lowest BCUT2D eigenvalue weighted by Crippen LogP contribution is -2.27. The number of carbonyl (C=O) groups excluding carboxylic acids is 2. The average molecular weight is 445 g/mol. The molecule has 1 N–H and O–H groups in total. The van der Waals surface area contributed by atoms with Crippen molar-refractivity contribution in [3.05, 3.63) is 88.8 Å². The van der Waals surface area contributed by atoms with Gasteiger partial charge in [0.2, 0.25) is 0 Å². The van der Waals surface area contributed by atoms with Crippen LogP contribution in [0.2, 0.25) is 0 Å². The number of hydrogen-bond donors (Lipinski definition) is 1. The normalized spacial score (nSPS) is 10.7. The molecule has 0 bridgehead atoms. The fourth-order valence-electron chi connectivity index (χ4n) is 3.47. The third kappa shape index (κ3) is 4.79. The second-order valence-electron chi connectivity index (χ2n) is 7.44. The highest BCUT2D eigenvalue weighted by Crippen LogP contribution is 2.20. The first-order valence-corrected chi connectivity index (χ1v) is 10.3. The number of para-hydroxylation sites is 1. The van der Waals surface area contributed by atoms with Gasteiger partial charge in [0.1, 0.15) is 11.4 Å². The Kier molecular flexibility index (Phi) is 6.26. The van der Waals surface area contributed by atoms with Crippen LogP contribution in [0.3, 0.4) is 0 Å². The Balaban J connectivity index is 1.33. The maximum Gasteiger partial charge on any atom is 0.344 e. The number of carbonyl (C=O) groups is 2. The van der Waals surface area contributed by atoms with E-state index in [1.54, 1.807) is 36.9 Å². The molecule has 0 aliphatic heterocycles. The number of hydrogen-bond acceptors (Lipinski definition) is 5. The van der Waals surface area contributed by atoms with E-state index in [9.17, 15) is 14.4 Å². The van der Waals surface area contributed by atoms with Crippen molar-refractivity contribution in [2.75, 3.05) is 18.5 Å². The second kappa shape index (κ2) is 9.44. The summed E-state index contributed by atoms with van der Waals surface area (Å²) in [5, 5.41) is 4.60. The van der Waals surface area contributed by atoms with Gasteiger partial charge in [-0.05, 0) is 42.0 Å². The van der Waals surface area contributed by atoms with Gasteiger partial charge in [0.25, 0.3) is 11.5 Å². The second-order valence-corrected chi connectivity index (χ2v) is 7.44. The molecule has 0 saturated heterocycles. The maximum absolute atomic E-state index is 12.8. The minimum atomic E-state index is -0.690. The lowest BCUT2D eigenvalue weighted by molar-refractivity contribution is -0.149. The third-order valence-corrected chi connectivity index (χ3v) is 5.26. The Bertz CT molecular complexity index is 1370. The van der Waals surface area contributed by atoms with Gasteiger partial charge in [0.15, 0.2) is 13.2 Å². The molecule has 0 aliphatic carbocycles. The fourth-order valence-corrected chi connectivity index (χ4v) is 3.47. The number of nitrogens with one attached hydrogen (secondary N) is 1. The van der Waals surface area contributed by atoms with Gasteiger partial charge in [-0.15, -0.1) is 0 Å². The third-order valence-electron chi connectivity index (χ3n) is 5.26. The summed E-state index contributed by atoms with van der Waals surface area (Å²) in [5.74, 6) is -0.777. The Morgan fingerprint density at radius 1 is 0.909 bits per heavy atom. The van der Waals surface area contributed by atoms with E-state index >= 15 is 0 Å². The van der Waals surface area contributed by atoms with Crippen LogP contribution in [-0.4, -0.2) is 34.5 Å². The van der Waals surface area contributed by atoms with Crippen molar-refractivity contribution in [1.82, 2.24) is 9.36 Å². The number of amides is 1. The summed E-state index contributed by atoms with van der Waals surface area (Å²) < 4.78 is 13.6. The molecule has 1 amide bonds. The molecule has 0 atom stereocenters. The van der Waals surface area contributed by atoms with Gasteiger partial charge in [-0.25, -0.2) is 9.48 Å². The van der Waals surface area contributed by atoms with Crippen LogP contribution in [-0.2, 0) is 21.4 Å². The van der Waals surface area contributed by atoms with Gasteiger partial charge in [-0.2, -0.15) is 0 Å². The van der Waals surface area contributed by atoms with Gasteiger partial charge >= 0.3 is 5.97 Å². The Morgan fingerprint density at radius 2 is 1.61 bits per heavy atom. The number of esters is 1. The van der Waals surface area contributed by atoms with Gasteiger partial charge in [-0.3, -0.25) is 14.3 Å². The number of benzene rings is 3. The molecule has 8 heteroatoms. The largest absolute Gasteiger partial charge is 0.482 e. The number of ether oxygens (including phenoxy) is 2. The maximum atomic E-state index is 12.8. The van der Waals surface area contributed by atoms with E-state index in [0.717, 1.165) is 10.8 Å². The van der Waals surface area contributed by atoms with E-state index in [1.807, 2.05) is 54.6 Å². The van der Waals surface area contributed by atoms with Gasteiger partial charge in [-0.1, -0.05) is 48.5 Å². The molecule has 3 aromatic carbocycles. The summed E-state index contributed by atoms with van der Waals surface area (Å²) >= 11 is 0. The predicted molar refractivity (Wildman–Crippen MR) is 125 cm³/mol. The first-order chi connectivity index (χ1) is 15.9. The van der Waals surface area contributed by atoms with Crippen molar-refractivity contribution in [3.8, 4) is 11.4 Å². The zero-order valence-corrected chi connectivity index (χ0v) is 18.3. The molecule has 0 spiro atoms. The molecule has 0 unspecified atom stereocenters. The Labute approximate surface area is 189 Å². The van der Waals surface area contributed by atoms with Crippen LogP contribution in [0.5, 0.6) is 5.75 Å². The van der Waals surface area contributed by atoms with Crippen LogP contribution >= 0.6 is 0 Å². The highest BCUT2D eigenvalue weighted by molar-refractivity contribution is 5.93. The lowest BCUT2D eigenvalue weighted by Gasteiger charge is -2.08. The molecule has 0 saturated carbocycles. The first-order valence-electron chi connectivity index (χ1n) is 10.3. The summed E-state index contributed by atoms with van der Waals surface area (Å²) in [5.41, 5.74) is 1.00. The zero-order chi connectivity index (χ0) is 23.4. The molecule has 0 fully saturated rings. The van der Waals surface area contributed by atoms with Gasteiger partial charge in [0, 0.05) is 7.05 Å². The minimum Gasteiger partial charge on any atom is -0.482 e. The number of nitrogens with zero attached hydrogens (tertiary/aromatic N) is 2. The molecular weight excluding hydrogens is 422 g/mol. The topological polar surface area (TPSA) is 91.6 Å². The van der Waals surface area contributed by atoms with Crippen molar-refractivity contribution in [3.63, 3.8) is 0 Å². The van der Waals surface area contributed by atoms with Crippen molar-refractivity contribution >= 4 is 28.3 Å². The van der Waals surface area contributed by atoms with Crippen molar-refractivity contribution in [2.24, 2.45) is 7.05 Å². The highest BCUT2D eigenvalue weighted by atomic mass is 16.6. The van der Waals surface area contributed by atoms with Crippen LogP contribution in [0.25, 0.3) is 16.5 Å². The van der Waals surface area contributed by atoms with Crippen molar-refractivity contribution in [1.29, 1.82) is 0 Å². The standard InChI is InChI=1S/C25H23N3O5/c1-17-24(25(31)28(27(17)2)20-10-4-3-5-11-20)26-22(29)15-33-23(30)16-32-21-13-12-18-8-6-7-9-19(18)14-21/h3-14H,15-16H2,1-2H3,(H,26,29). The number of aromatic nitrogens is 2. The fraction of sp³-hybridized carbons (Fsp3) is 0.160. The minimum absolute atomic E-state index is 0.134. The van der Waals surface area contributed by atoms with Crippen LogP contribution in [0.15, 0.2) is 77.6 Å². The smallest absolute Gasteiger partial charge is 0.344 e. The highest BCUT2D eigenvalue weighted by Gasteiger charge is 2.19. The zero-order valence-electron chi connectivity index (χ0n) is 18.3. The van der Waals surface area contributed by atoms with Gasteiger partial charge in [0.05, 0.1) is 11.4 Å². The molecule has 1 heterocycles. The van der Waals surface area contributed by atoms with Crippen molar-refractivity contribution in [2.45, 2.75) is 6.92 Å². The summed E-state index contributed by atoms with van der Waals surface area (Å²) in [6.07, 6.45) is 0. The molecule has 4 aromatic rings. The molecule has 33 heavy (non-hydrogen) atoms. The van der Waals surface area contributed by atoms with E-state index in [2.05, 4.69) is 5.32 Å². The summed E-state index contributed by atoms with van der Waals surface area (Å²) in [4.78, 5) is 37.2. The predicted octanol–water partition coefficient (Wildman–Crippen LogP) is 3.20. The number of rotatable bonds is 7. The summed E-state index contributed by atoms with van der Waals surface area (Å²) in [6, 6.07) is 22.4. The SMILES string of the molecule is Cc1c(NC(=O)COC(=O)COc2ccc3ccccc3c2)c(=O)n(-c2ccccc2)n1C. The number of anilines is 1. The molecule has 4 rings (SSSR count). The first kappa shape index (κ1) is 21.9. The monoisotopic (exact) mass is 445 g/mol. The van der Waals surface area contributed by atoms with Crippen LogP contribution < -0.4 is 15.6 Å². The van der Waals surface area contributed by atoms with Crippen LogP contribution in [0.4, 0.5) is 5.69 Å². The lowest BCUT2D eigenvalue weighted by atomic mass is 10.1. The molecule has 0 aliphatic rings. The molecule has 168 valence electrons. The van der Waals surface area contributed by atoms with E-state index < -0.39 is 18.5 Å². The molecule has 8 nitrogen and oxygen atoms in total. The van der Waals surface area contributed by atoms with E-state index in [0.29, 0.717) is 17.1 Å². The van der Waals surface area contributed by atoms with Gasteiger partial charge < -0.3 is 14.8 Å². The number of fused-ring (bicyclic) bond motifs is 1. The van der Waals surface area contributed by atoms with Crippen LogP contribution in [0.1, 0.15) is 5.69 Å². The van der Waals surface area contributed by atoms with E-state index in [1.165, 1.54) is 4.68 Å². The quantitative estimate of drug-likeness (QED) is 0.441. The van der Waals surface area contributed by atoms with E-state index in [-0.39, 0.29) is 17.9 Å². The average Bonchev–Trinajstić information content (AvgIpc) is 3.04. The molecule has 0 radical (unpaired) electrons. The van der Waals surface area contributed by atoms with E-state index in [4.69, 9.17) is 9.47 Å². The molecule has 1 aromatic heterocycles. The van der Waals surface area contributed by atoms with Crippen molar-refractivity contribution < 1.29 is 19.1 Å². The molecular formula is C25H23N3O5. The van der Waals surface area contributed by atoms with Crippen LogP contribution in [0, 0.1) is 6.92 Å². The Hall–Kier alpha value is -4.33.